The molecule has 0 spiro atoms. The molecule has 1 saturated carbocycles. The van der Waals surface area contributed by atoms with E-state index in [1.165, 1.54) is 0 Å². The molecule has 0 bridgehead atoms. The average Bonchev–Trinajstić information content (AvgIpc) is 3.21. The second kappa shape index (κ2) is 9.07. The third kappa shape index (κ3) is 5.35. The highest BCUT2D eigenvalue weighted by Gasteiger charge is 2.29. The number of carboxylic acid groups (broad SMARTS) is 1. The van der Waals surface area contributed by atoms with Gasteiger partial charge in [-0.2, -0.15) is 0 Å². The first-order chi connectivity index (χ1) is 13.5. The molecule has 0 aliphatic heterocycles. The van der Waals surface area contributed by atoms with E-state index in [0.717, 1.165) is 0 Å². The highest BCUT2D eigenvalue weighted by Crippen LogP contribution is 2.30. The van der Waals surface area contributed by atoms with Crippen molar-refractivity contribution in [1.82, 2.24) is 5.32 Å². The van der Waals surface area contributed by atoms with Gasteiger partial charge in [0.1, 0.15) is 5.76 Å². The Morgan fingerprint density at radius 2 is 1.54 bits per heavy atom. The quantitative estimate of drug-likeness (QED) is 0.607. The van der Waals surface area contributed by atoms with Crippen LogP contribution in [0.1, 0.15) is 31.4 Å². The summed E-state index contributed by atoms with van der Waals surface area (Å²) in [6, 6.07) is 9.98. The minimum atomic E-state index is -0.782. The lowest BCUT2D eigenvalue weighted by Crippen LogP contribution is -2.29. The molecule has 0 radical (unpaired) electrons. The van der Waals surface area contributed by atoms with Gasteiger partial charge in [0, 0.05) is 17.3 Å². The Morgan fingerprint density at radius 3 is 2.11 bits per heavy atom. The zero-order chi connectivity index (χ0) is 19.9. The first kappa shape index (κ1) is 19.5. The van der Waals surface area contributed by atoms with Crippen LogP contribution in [0.3, 0.4) is 0 Å². The smallest absolute Gasteiger partial charge is 0.319 e. The maximum Gasteiger partial charge on any atom is 0.319 e. The van der Waals surface area contributed by atoms with Gasteiger partial charge in [-0.3, -0.25) is 9.59 Å². The Hall–Kier alpha value is -3.29. The molecule has 148 valence electrons. The zero-order valence-electron chi connectivity index (χ0n) is 15.3. The van der Waals surface area contributed by atoms with E-state index in [9.17, 15) is 14.4 Å². The van der Waals surface area contributed by atoms with Gasteiger partial charge < -0.3 is 25.5 Å². The van der Waals surface area contributed by atoms with E-state index < -0.39 is 5.97 Å². The fraction of sp³-hybridized carbons (Fsp3) is 0.350. The molecule has 0 saturated heterocycles. The number of carboxylic acids is 1. The zero-order valence-corrected chi connectivity index (χ0v) is 15.3. The Kier molecular flexibility index (Phi) is 6.31. The number of amides is 3. The molecule has 1 aliphatic carbocycles. The highest BCUT2D eigenvalue weighted by molar-refractivity contribution is 5.93. The number of benzene rings is 1. The largest absolute Gasteiger partial charge is 0.481 e. The molecule has 8 nitrogen and oxygen atoms in total. The minimum Gasteiger partial charge on any atom is -0.481 e. The predicted molar refractivity (Wildman–Crippen MR) is 103 cm³/mol. The van der Waals surface area contributed by atoms with Crippen LogP contribution >= 0.6 is 0 Å². The van der Waals surface area contributed by atoms with Crippen molar-refractivity contribution < 1.29 is 23.9 Å². The molecule has 0 unspecified atom stereocenters. The minimum absolute atomic E-state index is 0.0965. The number of hydrogen-bond acceptors (Lipinski definition) is 4. The molecular weight excluding hydrogens is 362 g/mol. The third-order valence-corrected chi connectivity index (χ3v) is 4.86. The normalized spacial score (nSPS) is 18.9. The molecule has 3 amide bonds. The van der Waals surface area contributed by atoms with Crippen molar-refractivity contribution >= 4 is 29.3 Å². The molecule has 1 aromatic heterocycles. The summed E-state index contributed by atoms with van der Waals surface area (Å²) in [7, 11) is 0. The summed E-state index contributed by atoms with van der Waals surface area (Å²) in [5.74, 6) is -0.726. The maximum atomic E-state index is 12.4. The second-order valence-corrected chi connectivity index (χ2v) is 6.84. The van der Waals surface area contributed by atoms with Crippen molar-refractivity contribution in [1.29, 1.82) is 0 Å². The number of carbonyl (C=O) groups excluding carboxylic acids is 2. The van der Waals surface area contributed by atoms with E-state index in [-0.39, 0.29) is 30.3 Å². The number of nitrogens with one attached hydrogen (secondary N) is 3. The lowest BCUT2D eigenvalue weighted by atomic mass is 9.81. The van der Waals surface area contributed by atoms with Crippen LogP contribution < -0.4 is 16.0 Å². The van der Waals surface area contributed by atoms with E-state index in [0.29, 0.717) is 42.8 Å². The standard InChI is InChI=1S/C20H23N3O5/c24-18(13-3-5-14(6-4-13)19(25)26)22-15-7-9-16(10-8-15)23-20(27)21-12-17-2-1-11-28-17/h1-2,7-11,13-14H,3-6,12H2,(H,22,24)(H,25,26)(H2,21,23,27). The van der Waals surface area contributed by atoms with Crippen molar-refractivity contribution in [3.05, 3.63) is 48.4 Å². The fourth-order valence-corrected chi connectivity index (χ4v) is 3.24. The van der Waals surface area contributed by atoms with Gasteiger partial charge in [0.15, 0.2) is 0 Å². The summed E-state index contributed by atoms with van der Waals surface area (Å²) in [6.45, 7) is 0.289. The van der Waals surface area contributed by atoms with Gasteiger partial charge in [0.05, 0.1) is 18.7 Å². The molecular formula is C20H23N3O5. The topological polar surface area (TPSA) is 121 Å². The van der Waals surface area contributed by atoms with Gasteiger partial charge in [-0.25, -0.2) is 4.79 Å². The van der Waals surface area contributed by atoms with Crippen LogP contribution in [0.2, 0.25) is 0 Å². The van der Waals surface area contributed by atoms with Crippen LogP contribution in [-0.2, 0) is 16.1 Å². The average molecular weight is 385 g/mol. The number of aliphatic carboxylic acids is 1. The molecule has 1 fully saturated rings. The van der Waals surface area contributed by atoms with Crippen LogP contribution in [0.4, 0.5) is 16.2 Å². The van der Waals surface area contributed by atoms with Crippen LogP contribution in [0, 0.1) is 11.8 Å². The van der Waals surface area contributed by atoms with Gasteiger partial charge in [0.25, 0.3) is 0 Å². The van der Waals surface area contributed by atoms with E-state index in [4.69, 9.17) is 9.52 Å². The SMILES string of the molecule is O=C(NCc1ccco1)Nc1ccc(NC(=O)C2CCC(C(=O)O)CC2)cc1. The molecule has 4 N–H and O–H groups in total. The van der Waals surface area contributed by atoms with Crippen molar-refractivity contribution in [3.63, 3.8) is 0 Å². The van der Waals surface area contributed by atoms with Gasteiger partial charge in [-0.15, -0.1) is 0 Å². The monoisotopic (exact) mass is 385 g/mol. The number of urea groups is 1. The summed E-state index contributed by atoms with van der Waals surface area (Å²) < 4.78 is 5.14. The Bertz CT molecular complexity index is 809. The lowest BCUT2D eigenvalue weighted by Gasteiger charge is -2.25. The third-order valence-electron chi connectivity index (χ3n) is 4.86. The van der Waals surface area contributed by atoms with Crippen molar-refractivity contribution in [2.24, 2.45) is 11.8 Å². The molecule has 1 heterocycles. The van der Waals surface area contributed by atoms with Crippen LogP contribution in [-0.4, -0.2) is 23.0 Å². The van der Waals surface area contributed by atoms with Crippen LogP contribution in [0.5, 0.6) is 0 Å². The Balaban J connectivity index is 1.44. The number of rotatable bonds is 6. The van der Waals surface area contributed by atoms with Gasteiger partial charge >= 0.3 is 12.0 Å². The predicted octanol–water partition coefficient (Wildman–Crippen LogP) is 3.43. The summed E-state index contributed by atoms with van der Waals surface area (Å²) in [5.41, 5.74) is 1.23. The Labute approximate surface area is 162 Å². The number of furan rings is 1. The molecule has 0 atom stereocenters. The van der Waals surface area contributed by atoms with Crippen molar-refractivity contribution in [2.75, 3.05) is 10.6 Å². The molecule has 1 aromatic carbocycles. The molecule has 2 aromatic rings. The van der Waals surface area contributed by atoms with E-state index in [1.54, 1.807) is 42.7 Å². The van der Waals surface area contributed by atoms with E-state index in [1.807, 2.05) is 0 Å². The summed E-state index contributed by atoms with van der Waals surface area (Å²) in [4.78, 5) is 35.2. The number of carbonyl (C=O) groups is 3. The van der Waals surface area contributed by atoms with E-state index >= 15 is 0 Å². The van der Waals surface area contributed by atoms with Crippen molar-refractivity contribution in [3.8, 4) is 0 Å². The summed E-state index contributed by atoms with van der Waals surface area (Å²) in [5, 5.41) is 17.3. The van der Waals surface area contributed by atoms with Crippen LogP contribution in [0.25, 0.3) is 0 Å². The van der Waals surface area contributed by atoms with Gasteiger partial charge in [0.2, 0.25) is 5.91 Å². The molecule has 28 heavy (non-hydrogen) atoms. The second-order valence-electron chi connectivity index (χ2n) is 6.84. The van der Waals surface area contributed by atoms with Crippen LogP contribution in [0.15, 0.2) is 47.1 Å². The number of hydrogen-bond donors (Lipinski definition) is 4. The maximum absolute atomic E-state index is 12.4. The van der Waals surface area contributed by atoms with Gasteiger partial charge in [-0.05, 0) is 62.1 Å². The Morgan fingerprint density at radius 1 is 0.929 bits per heavy atom. The highest BCUT2D eigenvalue weighted by atomic mass is 16.4. The molecule has 1 aliphatic rings. The first-order valence-corrected chi connectivity index (χ1v) is 9.22. The molecule has 8 heteroatoms. The lowest BCUT2D eigenvalue weighted by molar-refractivity contribution is -0.143. The van der Waals surface area contributed by atoms with Crippen molar-refractivity contribution in [2.45, 2.75) is 32.2 Å². The summed E-state index contributed by atoms with van der Waals surface area (Å²) in [6.07, 6.45) is 3.77. The van der Waals surface area contributed by atoms with Gasteiger partial charge in [-0.1, -0.05) is 0 Å². The number of anilines is 2. The molecule has 3 rings (SSSR count). The fourth-order valence-electron chi connectivity index (χ4n) is 3.24. The van der Waals surface area contributed by atoms with E-state index in [2.05, 4.69) is 16.0 Å². The summed E-state index contributed by atoms with van der Waals surface area (Å²) >= 11 is 0. The first-order valence-electron chi connectivity index (χ1n) is 9.22.